The maximum Gasteiger partial charge on any atom is 0.323 e. The maximum absolute atomic E-state index is 12.9. The second kappa shape index (κ2) is 8.67. The molecule has 0 aromatic heterocycles. The molecule has 31 heavy (non-hydrogen) atoms. The second-order valence-electron chi connectivity index (χ2n) is 7.04. The first-order chi connectivity index (χ1) is 15.0. The van der Waals surface area contributed by atoms with Gasteiger partial charge >= 0.3 is 5.97 Å². The number of nitrogens with zero attached hydrogens (tertiary/aromatic N) is 1. The molecule has 1 heterocycles. The lowest BCUT2D eigenvalue weighted by Gasteiger charge is -2.27. The van der Waals surface area contributed by atoms with E-state index in [1.807, 2.05) is 30.3 Å². The van der Waals surface area contributed by atoms with Crippen molar-refractivity contribution in [2.24, 2.45) is 0 Å². The van der Waals surface area contributed by atoms with Gasteiger partial charge in [-0.05, 0) is 41.0 Å². The number of hydrogen-bond acceptors (Lipinski definition) is 4. The van der Waals surface area contributed by atoms with E-state index >= 15 is 0 Å². The van der Waals surface area contributed by atoms with E-state index in [1.165, 1.54) is 0 Å². The van der Waals surface area contributed by atoms with Crippen molar-refractivity contribution >= 4 is 29.4 Å². The highest BCUT2D eigenvalue weighted by molar-refractivity contribution is 6.34. The van der Waals surface area contributed by atoms with Crippen molar-refractivity contribution in [1.82, 2.24) is 4.90 Å². The Bertz CT molecular complexity index is 1170. The van der Waals surface area contributed by atoms with Crippen LogP contribution in [0.2, 0.25) is 0 Å². The van der Waals surface area contributed by atoms with Crippen LogP contribution in [0.4, 0.5) is 0 Å². The Morgan fingerprint density at radius 3 is 2.16 bits per heavy atom. The van der Waals surface area contributed by atoms with E-state index in [1.54, 1.807) is 54.6 Å². The molecule has 6 nitrogen and oxygen atoms in total. The fourth-order valence-corrected chi connectivity index (χ4v) is 3.39. The third kappa shape index (κ3) is 4.38. The lowest BCUT2D eigenvalue weighted by atomic mass is 9.92. The molecule has 1 aliphatic heterocycles. The van der Waals surface area contributed by atoms with Crippen LogP contribution in [0, 0.1) is 0 Å². The van der Waals surface area contributed by atoms with Gasteiger partial charge in [0.1, 0.15) is 18.9 Å². The largest absolute Gasteiger partial charge is 0.489 e. The third-order valence-electron chi connectivity index (χ3n) is 4.90. The number of aliphatic carboxylic acids is 1. The summed E-state index contributed by atoms with van der Waals surface area (Å²) < 4.78 is 5.78. The topological polar surface area (TPSA) is 83.9 Å². The molecule has 0 spiro atoms. The van der Waals surface area contributed by atoms with Crippen molar-refractivity contribution in [3.05, 3.63) is 101 Å². The molecule has 0 unspecified atom stereocenters. The van der Waals surface area contributed by atoms with E-state index in [0.29, 0.717) is 23.5 Å². The highest BCUT2D eigenvalue weighted by atomic mass is 16.5. The summed E-state index contributed by atoms with van der Waals surface area (Å²) in [6, 6.07) is 23.7. The number of carboxylic acid groups (broad SMARTS) is 1. The zero-order valence-electron chi connectivity index (χ0n) is 16.5. The van der Waals surface area contributed by atoms with Gasteiger partial charge in [0, 0.05) is 11.1 Å². The molecule has 0 atom stereocenters. The van der Waals surface area contributed by atoms with Gasteiger partial charge in [0.2, 0.25) is 0 Å². The van der Waals surface area contributed by atoms with Crippen LogP contribution in [0.15, 0.2) is 78.9 Å². The summed E-state index contributed by atoms with van der Waals surface area (Å²) in [5, 5.41) is 9.11. The van der Waals surface area contributed by atoms with E-state index in [-0.39, 0.29) is 5.57 Å². The van der Waals surface area contributed by atoms with Crippen molar-refractivity contribution in [2.45, 2.75) is 6.61 Å². The van der Waals surface area contributed by atoms with Gasteiger partial charge < -0.3 is 9.84 Å². The molecule has 1 N–H and O–H groups in total. The van der Waals surface area contributed by atoms with Crippen LogP contribution in [0.1, 0.15) is 27.0 Å². The Hall–Kier alpha value is -4.19. The molecule has 6 heteroatoms. The monoisotopic (exact) mass is 413 g/mol. The molecule has 0 aliphatic carbocycles. The molecule has 0 bridgehead atoms. The van der Waals surface area contributed by atoms with Gasteiger partial charge in [0.05, 0.1) is 0 Å². The van der Waals surface area contributed by atoms with Crippen LogP contribution in [0.25, 0.3) is 11.6 Å². The Morgan fingerprint density at radius 2 is 1.48 bits per heavy atom. The number of carbonyl (C=O) groups is 3. The molecule has 0 saturated heterocycles. The van der Waals surface area contributed by atoms with Gasteiger partial charge in [-0.15, -0.1) is 0 Å². The number of carbonyl (C=O) groups excluding carboxylic acids is 2. The molecule has 1 aliphatic rings. The minimum absolute atomic E-state index is 0.273. The van der Waals surface area contributed by atoms with Gasteiger partial charge in [-0.1, -0.05) is 60.7 Å². The SMILES string of the molecule is O=C(O)CN1C(=O)/C(=C\c2ccc(OCc3ccccc3)cc2)c2ccccc2C1=O. The number of amides is 2. The number of fused-ring (bicyclic) bond motifs is 1. The molecule has 0 radical (unpaired) electrons. The smallest absolute Gasteiger partial charge is 0.323 e. The minimum atomic E-state index is -1.25. The van der Waals surface area contributed by atoms with Crippen LogP contribution in [0.3, 0.4) is 0 Å². The van der Waals surface area contributed by atoms with Gasteiger partial charge in [0.15, 0.2) is 0 Å². The zero-order chi connectivity index (χ0) is 21.8. The number of ether oxygens (including phenoxy) is 1. The summed E-state index contributed by atoms with van der Waals surface area (Å²) in [6.45, 7) is -0.241. The lowest BCUT2D eigenvalue weighted by Crippen LogP contribution is -2.44. The van der Waals surface area contributed by atoms with Gasteiger partial charge in [-0.2, -0.15) is 0 Å². The fraction of sp³-hybridized carbons (Fsp3) is 0.0800. The average molecular weight is 413 g/mol. The quantitative estimate of drug-likeness (QED) is 0.490. The Kier molecular flexibility index (Phi) is 5.62. The van der Waals surface area contributed by atoms with Crippen LogP contribution in [0.5, 0.6) is 5.75 Å². The van der Waals surface area contributed by atoms with Crippen molar-refractivity contribution in [1.29, 1.82) is 0 Å². The summed E-state index contributed by atoms with van der Waals surface area (Å²) in [5.41, 5.74) is 2.85. The maximum atomic E-state index is 12.9. The summed E-state index contributed by atoms with van der Waals surface area (Å²) in [5.74, 6) is -1.80. The van der Waals surface area contributed by atoms with Gasteiger partial charge in [0.25, 0.3) is 11.8 Å². The number of benzene rings is 3. The average Bonchev–Trinajstić information content (AvgIpc) is 2.79. The summed E-state index contributed by atoms with van der Waals surface area (Å²) in [4.78, 5) is 37.4. The highest BCUT2D eigenvalue weighted by Crippen LogP contribution is 2.30. The van der Waals surface area contributed by atoms with Crippen LogP contribution in [-0.2, 0) is 16.2 Å². The van der Waals surface area contributed by atoms with Crippen molar-refractivity contribution < 1.29 is 24.2 Å². The Morgan fingerprint density at radius 1 is 0.839 bits per heavy atom. The normalized spacial score (nSPS) is 14.5. The van der Waals surface area contributed by atoms with Crippen molar-refractivity contribution in [2.75, 3.05) is 6.54 Å². The van der Waals surface area contributed by atoms with Crippen molar-refractivity contribution in [3.63, 3.8) is 0 Å². The molecule has 0 fully saturated rings. The first-order valence-corrected chi connectivity index (χ1v) is 9.69. The van der Waals surface area contributed by atoms with E-state index < -0.39 is 24.3 Å². The summed E-state index contributed by atoms with van der Waals surface area (Å²) >= 11 is 0. The molecular weight excluding hydrogens is 394 g/mol. The fourth-order valence-electron chi connectivity index (χ4n) is 3.39. The number of rotatable bonds is 6. The number of imide groups is 1. The highest BCUT2D eigenvalue weighted by Gasteiger charge is 2.35. The molecule has 4 rings (SSSR count). The second-order valence-corrected chi connectivity index (χ2v) is 7.04. The summed E-state index contributed by atoms with van der Waals surface area (Å²) in [6.07, 6.45) is 1.66. The van der Waals surface area contributed by atoms with E-state index in [2.05, 4.69) is 0 Å². The number of hydrogen-bond donors (Lipinski definition) is 1. The third-order valence-corrected chi connectivity index (χ3v) is 4.90. The van der Waals surface area contributed by atoms with Crippen LogP contribution in [-0.4, -0.2) is 34.3 Å². The Balaban J connectivity index is 1.60. The van der Waals surface area contributed by atoms with Crippen LogP contribution >= 0.6 is 0 Å². The lowest BCUT2D eigenvalue weighted by molar-refractivity contribution is -0.141. The first-order valence-electron chi connectivity index (χ1n) is 9.69. The molecule has 154 valence electrons. The molecule has 3 aromatic carbocycles. The number of carboxylic acids is 1. The van der Waals surface area contributed by atoms with Crippen molar-refractivity contribution in [3.8, 4) is 5.75 Å². The van der Waals surface area contributed by atoms with E-state index in [9.17, 15) is 14.4 Å². The first kappa shape index (κ1) is 20.1. The zero-order valence-corrected chi connectivity index (χ0v) is 16.5. The van der Waals surface area contributed by atoms with Gasteiger partial charge in [-0.25, -0.2) is 0 Å². The predicted molar refractivity (Wildman–Crippen MR) is 115 cm³/mol. The van der Waals surface area contributed by atoms with E-state index in [0.717, 1.165) is 16.0 Å². The molecule has 0 saturated carbocycles. The summed E-state index contributed by atoms with van der Waals surface area (Å²) in [7, 11) is 0. The van der Waals surface area contributed by atoms with E-state index in [4.69, 9.17) is 9.84 Å². The molecule has 2 amide bonds. The predicted octanol–water partition coefficient (Wildman–Crippen LogP) is 3.87. The standard InChI is InChI=1S/C25H19NO5/c27-23(28)15-26-24(29)21-9-5-4-8-20(21)22(25(26)30)14-17-10-12-19(13-11-17)31-16-18-6-2-1-3-7-18/h1-14H,15-16H2,(H,27,28)/b22-14-. The van der Waals surface area contributed by atoms with Crippen LogP contribution < -0.4 is 4.74 Å². The molecule has 3 aromatic rings. The Labute approximate surface area is 179 Å². The minimum Gasteiger partial charge on any atom is -0.489 e. The molecular formula is C25H19NO5. The van der Waals surface area contributed by atoms with Gasteiger partial charge in [-0.3, -0.25) is 19.3 Å².